The van der Waals surface area contributed by atoms with Gasteiger partial charge in [0.1, 0.15) is 16.9 Å². The number of hydrogen-bond acceptors (Lipinski definition) is 5. The second-order valence-corrected chi connectivity index (χ2v) is 4.42. The van der Waals surface area contributed by atoms with Crippen LogP contribution in [0.3, 0.4) is 0 Å². The second-order valence-electron chi connectivity index (χ2n) is 4.04. The number of rotatable bonds is 3. The van der Waals surface area contributed by atoms with Gasteiger partial charge >= 0.3 is 0 Å². The zero-order chi connectivity index (χ0) is 14.9. The Kier molecular flexibility index (Phi) is 3.66. The largest absolute Gasteiger partial charge is 0.319 e. The molecular weight excluding hydrogens is 286 g/mol. The first-order chi connectivity index (χ1) is 9.38. The van der Waals surface area contributed by atoms with E-state index in [1.807, 2.05) is 0 Å². The minimum atomic E-state index is -0.686. The predicted molar refractivity (Wildman–Crippen MR) is 71.8 cm³/mol. The summed E-state index contributed by atoms with van der Waals surface area (Å²) in [6, 6.07) is 1.15. The fourth-order valence-corrected chi connectivity index (χ4v) is 1.82. The van der Waals surface area contributed by atoms with Crippen molar-refractivity contribution in [3.05, 3.63) is 45.0 Å². The number of carbonyl (C=O) groups excluding carboxylic acids is 1. The molecule has 9 heteroatoms. The summed E-state index contributed by atoms with van der Waals surface area (Å²) in [4.78, 5) is 25.9. The Labute approximate surface area is 118 Å². The fraction of sp³-hybridized carbons (Fsp3) is 0.182. The highest BCUT2D eigenvalue weighted by molar-refractivity contribution is 6.30. The van der Waals surface area contributed by atoms with Crippen LogP contribution in [0.25, 0.3) is 0 Å². The molecule has 0 bridgehead atoms. The Morgan fingerprint density at radius 3 is 2.80 bits per heavy atom. The number of aromatic nitrogens is 3. The maximum absolute atomic E-state index is 12.1. The highest BCUT2D eigenvalue weighted by Gasteiger charge is 2.22. The Bertz CT molecular complexity index is 697. The van der Waals surface area contributed by atoms with E-state index in [1.165, 1.54) is 4.68 Å². The monoisotopic (exact) mass is 295 g/mol. The predicted octanol–water partition coefficient (Wildman–Crippen LogP) is 1.94. The summed E-state index contributed by atoms with van der Waals surface area (Å²) >= 11 is 5.67. The van der Waals surface area contributed by atoms with E-state index < -0.39 is 16.5 Å². The molecule has 0 aromatic carbocycles. The number of carbonyl (C=O) groups is 1. The molecular formula is C11H10ClN5O3. The molecule has 0 aliphatic heterocycles. The Balaban J connectivity index is 2.36. The Morgan fingerprint density at radius 1 is 1.55 bits per heavy atom. The SMILES string of the molecule is Cc1nn(C)cc1NC(=O)c1cc(Cl)ncc1[N+](=O)[O-]. The summed E-state index contributed by atoms with van der Waals surface area (Å²) in [6.07, 6.45) is 2.55. The maximum atomic E-state index is 12.1. The summed E-state index contributed by atoms with van der Waals surface area (Å²) in [5.74, 6) is -0.642. The van der Waals surface area contributed by atoms with E-state index in [0.717, 1.165) is 12.3 Å². The minimum Gasteiger partial charge on any atom is -0.319 e. The number of halogens is 1. The van der Waals surface area contributed by atoms with Gasteiger partial charge in [-0.25, -0.2) is 4.98 Å². The summed E-state index contributed by atoms with van der Waals surface area (Å²) in [7, 11) is 1.70. The van der Waals surface area contributed by atoms with Gasteiger partial charge in [0.15, 0.2) is 0 Å². The van der Waals surface area contributed by atoms with Crippen LogP contribution in [-0.2, 0) is 7.05 Å². The standard InChI is InChI=1S/C11H10ClN5O3/c1-6-8(5-16(2)15-6)14-11(18)7-3-10(12)13-4-9(7)17(19)20/h3-5H,1-2H3,(H,14,18). The second kappa shape index (κ2) is 5.25. The van der Waals surface area contributed by atoms with Crippen LogP contribution in [-0.4, -0.2) is 25.6 Å². The third-order valence-corrected chi connectivity index (χ3v) is 2.76. The van der Waals surface area contributed by atoms with Crippen molar-refractivity contribution >= 4 is 28.9 Å². The van der Waals surface area contributed by atoms with Gasteiger partial charge in [-0.2, -0.15) is 5.10 Å². The van der Waals surface area contributed by atoms with Gasteiger partial charge in [-0.1, -0.05) is 11.6 Å². The van der Waals surface area contributed by atoms with Gasteiger partial charge in [0.05, 0.1) is 16.3 Å². The van der Waals surface area contributed by atoms with Crippen LogP contribution in [0.5, 0.6) is 0 Å². The number of hydrogen-bond donors (Lipinski definition) is 1. The molecule has 1 amide bonds. The summed E-state index contributed by atoms with van der Waals surface area (Å²) in [6.45, 7) is 1.71. The third kappa shape index (κ3) is 2.75. The van der Waals surface area contributed by atoms with Crippen molar-refractivity contribution < 1.29 is 9.72 Å². The van der Waals surface area contributed by atoms with Gasteiger partial charge in [0.2, 0.25) is 0 Å². The van der Waals surface area contributed by atoms with E-state index in [0.29, 0.717) is 11.4 Å². The van der Waals surface area contributed by atoms with Crippen molar-refractivity contribution in [1.29, 1.82) is 0 Å². The molecule has 0 spiro atoms. The average molecular weight is 296 g/mol. The third-order valence-electron chi connectivity index (χ3n) is 2.55. The topological polar surface area (TPSA) is 103 Å². The minimum absolute atomic E-state index is 0.00339. The van der Waals surface area contributed by atoms with Crippen molar-refractivity contribution in [2.24, 2.45) is 7.05 Å². The van der Waals surface area contributed by atoms with E-state index in [-0.39, 0.29) is 10.7 Å². The number of amides is 1. The molecule has 0 saturated heterocycles. The number of nitrogens with one attached hydrogen (secondary N) is 1. The van der Waals surface area contributed by atoms with Crippen LogP contribution >= 0.6 is 11.6 Å². The van der Waals surface area contributed by atoms with Crippen LogP contribution in [0.2, 0.25) is 5.15 Å². The molecule has 0 unspecified atom stereocenters. The number of nitro groups is 1. The molecule has 2 rings (SSSR count). The maximum Gasteiger partial charge on any atom is 0.300 e. The molecule has 2 aromatic rings. The van der Waals surface area contributed by atoms with Crippen molar-refractivity contribution in [2.45, 2.75) is 6.92 Å². The first-order valence-electron chi connectivity index (χ1n) is 5.50. The van der Waals surface area contributed by atoms with E-state index in [4.69, 9.17) is 11.6 Å². The number of nitrogens with zero attached hydrogens (tertiary/aromatic N) is 4. The molecule has 0 radical (unpaired) electrons. The Morgan fingerprint density at radius 2 is 2.25 bits per heavy atom. The molecule has 2 aromatic heterocycles. The van der Waals surface area contributed by atoms with Crippen molar-refractivity contribution in [3.8, 4) is 0 Å². The van der Waals surface area contributed by atoms with Gasteiger partial charge in [0.25, 0.3) is 11.6 Å². The summed E-state index contributed by atoms with van der Waals surface area (Å²) in [5.41, 5.74) is 0.509. The first-order valence-corrected chi connectivity index (χ1v) is 5.88. The van der Waals surface area contributed by atoms with E-state index in [9.17, 15) is 14.9 Å². The molecule has 20 heavy (non-hydrogen) atoms. The lowest BCUT2D eigenvalue weighted by Gasteiger charge is -2.04. The zero-order valence-corrected chi connectivity index (χ0v) is 11.4. The highest BCUT2D eigenvalue weighted by Crippen LogP contribution is 2.22. The molecule has 0 aliphatic carbocycles. The van der Waals surface area contributed by atoms with Crippen LogP contribution in [0.4, 0.5) is 11.4 Å². The number of anilines is 1. The average Bonchev–Trinajstić information content (AvgIpc) is 2.67. The first kappa shape index (κ1) is 13.9. The lowest BCUT2D eigenvalue weighted by molar-refractivity contribution is -0.385. The van der Waals surface area contributed by atoms with Gasteiger partial charge in [0, 0.05) is 13.2 Å². The number of aryl methyl sites for hydroxylation is 2. The van der Waals surface area contributed by atoms with E-state index in [2.05, 4.69) is 15.4 Å². The van der Waals surface area contributed by atoms with Gasteiger partial charge in [-0.05, 0) is 13.0 Å². The quantitative estimate of drug-likeness (QED) is 0.529. The van der Waals surface area contributed by atoms with Gasteiger partial charge in [-0.3, -0.25) is 19.6 Å². The van der Waals surface area contributed by atoms with Crippen molar-refractivity contribution in [2.75, 3.05) is 5.32 Å². The van der Waals surface area contributed by atoms with Gasteiger partial charge < -0.3 is 5.32 Å². The van der Waals surface area contributed by atoms with Gasteiger partial charge in [-0.15, -0.1) is 0 Å². The summed E-state index contributed by atoms with van der Waals surface area (Å²) < 4.78 is 1.53. The molecule has 0 atom stereocenters. The van der Waals surface area contributed by atoms with Crippen LogP contribution in [0.1, 0.15) is 16.1 Å². The molecule has 8 nitrogen and oxygen atoms in total. The molecule has 2 heterocycles. The Hall–Kier alpha value is -2.48. The van der Waals surface area contributed by atoms with Crippen LogP contribution < -0.4 is 5.32 Å². The van der Waals surface area contributed by atoms with E-state index >= 15 is 0 Å². The normalized spacial score (nSPS) is 10.3. The highest BCUT2D eigenvalue weighted by atomic mass is 35.5. The smallest absolute Gasteiger partial charge is 0.300 e. The zero-order valence-electron chi connectivity index (χ0n) is 10.6. The lowest BCUT2D eigenvalue weighted by Crippen LogP contribution is -2.14. The van der Waals surface area contributed by atoms with Crippen molar-refractivity contribution in [3.63, 3.8) is 0 Å². The fourth-order valence-electron chi connectivity index (χ4n) is 1.66. The molecule has 0 fully saturated rings. The molecule has 0 saturated carbocycles. The summed E-state index contributed by atoms with van der Waals surface area (Å²) in [5, 5.41) is 17.5. The van der Waals surface area contributed by atoms with Crippen LogP contribution in [0.15, 0.2) is 18.5 Å². The van der Waals surface area contributed by atoms with E-state index in [1.54, 1.807) is 20.2 Å². The van der Waals surface area contributed by atoms with Crippen molar-refractivity contribution in [1.82, 2.24) is 14.8 Å². The molecule has 1 N–H and O–H groups in total. The molecule has 104 valence electrons. The molecule has 0 aliphatic rings. The lowest BCUT2D eigenvalue weighted by atomic mass is 10.2. The van der Waals surface area contributed by atoms with Crippen LogP contribution in [0, 0.1) is 17.0 Å². The number of pyridine rings is 1.